The molecule has 0 saturated heterocycles. The molecule has 3 aromatic carbocycles. The van der Waals surface area contributed by atoms with Gasteiger partial charge in [0.2, 0.25) is 5.91 Å². The van der Waals surface area contributed by atoms with Crippen LogP contribution in [0.2, 0.25) is 5.02 Å². The lowest BCUT2D eigenvalue weighted by Crippen LogP contribution is -2.52. The van der Waals surface area contributed by atoms with Gasteiger partial charge in [0.1, 0.15) is 11.8 Å². The average Bonchev–Trinajstić information content (AvgIpc) is 2.81. The molecule has 0 heterocycles. The number of halogens is 2. The van der Waals surface area contributed by atoms with Crippen molar-refractivity contribution in [2.75, 3.05) is 6.61 Å². The number of carbonyl (C=O) groups is 2. The Bertz CT molecular complexity index is 1090. The van der Waals surface area contributed by atoms with Crippen LogP contribution in [0.25, 0.3) is 0 Å². The second-order valence-corrected chi connectivity index (χ2v) is 9.62. The van der Waals surface area contributed by atoms with E-state index in [9.17, 15) is 9.59 Å². The van der Waals surface area contributed by atoms with Gasteiger partial charge in [0.05, 0.1) is 0 Å². The van der Waals surface area contributed by atoms with Gasteiger partial charge in [-0.3, -0.25) is 9.59 Å². The Morgan fingerprint density at radius 2 is 1.68 bits per heavy atom. The lowest BCUT2D eigenvalue weighted by molar-refractivity contribution is -0.143. The summed E-state index contributed by atoms with van der Waals surface area (Å²) in [6.45, 7) is 3.87. The Balaban J connectivity index is 1.90. The number of nitrogens with zero attached hydrogens (tertiary/aromatic N) is 1. The summed E-state index contributed by atoms with van der Waals surface area (Å²) in [7, 11) is 0. The predicted octanol–water partition coefficient (Wildman–Crippen LogP) is 5.65. The van der Waals surface area contributed by atoms with E-state index >= 15 is 0 Å². The molecule has 5 nitrogen and oxygen atoms in total. The van der Waals surface area contributed by atoms with Crippen molar-refractivity contribution >= 4 is 39.3 Å². The van der Waals surface area contributed by atoms with Crippen molar-refractivity contribution in [1.29, 1.82) is 0 Å². The molecule has 1 atom stereocenters. The molecule has 0 spiro atoms. The minimum absolute atomic E-state index is 0.0573. The van der Waals surface area contributed by atoms with E-state index < -0.39 is 6.04 Å². The number of rotatable bonds is 10. The number of nitrogens with one attached hydrogen (secondary N) is 1. The first kappa shape index (κ1) is 25.8. The van der Waals surface area contributed by atoms with Gasteiger partial charge in [-0.25, -0.2) is 0 Å². The molecule has 34 heavy (non-hydrogen) atoms. The lowest BCUT2D eigenvalue weighted by atomic mass is 10.0. The molecule has 0 aromatic heterocycles. The maximum atomic E-state index is 13.5. The molecule has 3 aromatic rings. The molecule has 2 amide bonds. The third kappa shape index (κ3) is 7.89. The molecule has 0 fully saturated rings. The highest BCUT2D eigenvalue weighted by molar-refractivity contribution is 9.10. The van der Waals surface area contributed by atoms with Gasteiger partial charge in [0.25, 0.3) is 5.91 Å². The topological polar surface area (TPSA) is 58.6 Å². The molecular formula is C27H28BrClN2O3. The molecule has 0 radical (unpaired) electrons. The zero-order valence-electron chi connectivity index (χ0n) is 19.2. The van der Waals surface area contributed by atoms with E-state index in [-0.39, 0.29) is 31.0 Å². The van der Waals surface area contributed by atoms with E-state index in [0.717, 1.165) is 15.6 Å². The van der Waals surface area contributed by atoms with Crippen LogP contribution in [0, 0.1) is 0 Å². The molecule has 0 aliphatic rings. The van der Waals surface area contributed by atoms with Crippen LogP contribution in [0.1, 0.15) is 25.0 Å². The van der Waals surface area contributed by atoms with Crippen molar-refractivity contribution in [2.45, 2.75) is 38.9 Å². The van der Waals surface area contributed by atoms with Gasteiger partial charge in [0.15, 0.2) is 6.61 Å². The van der Waals surface area contributed by atoms with Crippen molar-refractivity contribution in [1.82, 2.24) is 10.2 Å². The number of ether oxygens (including phenoxy) is 1. The van der Waals surface area contributed by atoms with Crippen molar-refractivity contribution < 1.29 is 14.3 Å². The number of hydrogen-bond donors (Lipinski definition) is 1. The Kier molecular flexibility index (Phi) is 9.54. The number of amides is 2. The van der Waals surface area contributed by atoms with Gasteiger partial charge in [-0.15, -0.1) is 0 Å². The summed E-state index contributed by atoms with van der Waals surface area (Å²) in [5.41, 5.74) is 1.88. The SMILES string of the molecule is CC(C)NC(=O)C(Cc1ccccc1)N(Cc1ccc(Br)cc1)C(=O)COc1cccc(Cl)c1. The van der Waals surface area contributed by atoms with Gasteiger partial charge < -0.3 is 15.0 Å². The fraction of sp³-hybridized carbons (Fsp3) is 0.259. The third-order valence-electron chi connectivity index (χ3n) is 5.13. The standard InChI is InChI=1S/C27H28BrClN2O3/c1-19(2)30-27(33)25(15-20-7-4-3-5-8-20)31(17-21-11-13-22(28)14-12-21)26(32)18-34-24-10-6-9-23(29)16-24/h3-14,16,19,25H,15,17-18H2,1-2H3,(H,30,33). The molecule has 0 aliphatic carbocycles. The quantitative estimate of drug-likeness (QED) is 0.360. The highest BCUT2D eigenvalue weighted by atomic mass is 79.9. The molecule has 178 valence electrons. The van der Waals surface area contributed by atoms with E-state index in [0.29, 0.717) is 17.2 Å². The first-order valence-corrected chi connectivity index (χ1v) is 12.3. The highest BCUT2D eigenvalue weighted by Crippen LogP contribution is 2.20. The van der Waals surface area contributed by atoms with Gasteiger partial charge in [-0.1, -0.05) is 76.1 Å². The zero-order valence-corrected chi connectivity index (χ0v) is 21.6. The molecule has 0 aliphatic heterocycles. The Morgan fingerprint density at radius 1 is 0.971 bits per heavy atom. The first-order valence-electron chi connectivity index (χ1n) is 11.1. The maximum absolute atomic E-state index is 13.5. The fourth-order valence-corrected chi connectivity index (χ4v) is 3.95. The largest absolute Gasteiger partial charge is 0.484 e. The van der Waals surface area contributed by atoms with E-state index in [1.807, 2.05) is 68.4 Å². The molecule has 7 heteroatoms. The van der Waals surface area contributed by atoms with E-state index in [1.54, 1.807) is 29.2 Å². The molecule has 1 unspecified atom stereocenters. The molecule has 0 bridgehead atoms. The Morgan fingerprint density at radius 3 is 2.32 bits per heavy atom. The monoisotopic (exact) mass is 542 g/mol. The molecule has 0 saturated carbocycles. The fourth-order valence-electron chi connectivity index (χ4n) is 3.51. The van der Waals surface area contributed by atoms with E-state index in [1.165, 1.54) is 0 Å². The number of benzene rings is 3. The van der Waals surface area contributed by atoms with Crippen molar-refractivity contribution in [3.63, 3.8) is 0 Å². The van der Waals surface area contributed by atoms with Gasteiger partial charge in [-0.05, 0) is 55.3 Å². The number of hydrogen-bond acceptors (Lipinski definition) is 3. The van der Waals surface area contributed by atoms with Gasteiger partial charge in [0, 0.05) is 28.5 Å². The summed E-state index contributed by atoms with van der Waals surface area (Å²) < 4.78 is 6.67. The minimum Gasteiger partial charge on any atom is -0.484 e. The molecule has 1 N–H and O–H groups in total. The van der Waals surface area contributed by atoms with Crippen molar-refractivity contribution in [3.8, 4) is 5.75 Å². The van der Waals surface area contributed by atoms with Crippen LogP contribution in [0.4, 0.5) is 0 Å². The zero-order chi connectivity index (χ0) is 24.5. The number of carbonyl (C=O) groups excluding carboxylic acids is 2. The van der Waals surface area contributed by atoms with E-state index in [4.69, 9.17) is 16.3 Å². The first-order chi connectivity index (χ1) is 16.3. The van der Waals surface area contributed by atoms with Crippen LogP contribution in [0.5, 0.6) is 5.75 Å². The summed E-state index contributed by atoms with van der Waals surface area (Å²) in [5.74, 6) is 0.00508. The Hall–Kier alpha value is -2.83. The van der Waals surface area contributed by atoms with Crippen LogP contribution >= 0.6 is 27.5 Å². The normalized spacial score (nSPS) is 11.7. The van der Waals surface area contributed by atoms with Crippen LogP contribution in [0.15, 0.2) is 83.3 Å². The van der Waals surface area contributed by atoms with Crippen molar-refractivity contribution in [3.05, 3.63) is 99.5 Å². The van der Waals surface area contributed by atoms with Crippen LogP contribution in [-0.4, -0.2) is 35.4 Å². The van der Waals surface area contributed by atoms with Crippen molar-refractivity contribution in [2.24, 2.45) is 0 Å². The third-order valence-corrected chi connectivity index (χ3v) is 5.89. The average molecular weight is 544 g/mol. The van der Waals surface area contributed by atoms with Gasteiger partial charge in [-0.2, -0.15) is 0 Å². The summed E-state index contributed by atoms with van der Waals surface area (Å²) in [6.07, 6.45) is 0.388. The Labute approximate surface area is 214 Å². The second kappa shape index (κ2) is 12.6. The smallest absolute Gasteiger partial charge is 0.261 e. The summed E-state index contributed by atoms with van der Waals surface area (Å²) >= 11 is 9.49. The van der Waals surface area contributed by atoms with Crippen LogP contribution < -0.4 is 10.1 Å². The van der Waals surface area contributed by atoms with Gasteiger partial charge >= 0.3 is 0 Å². The van der Waals surface area contributed by atoms with Crippen LogP contribution in [0.3, 0.4) is 0 Å². The highest BCUT2D eigenvalue weighted by Gasteiger charge is 2.31. The van der Waals surface area contributed by atoms with Crippen LogP contribution in [-0.2, 0) is 22.6 Å². The summed E-state index contributed by atoms with van der Waals surface area (Å²) in [5, 5.41) is 3.50. The summed E-state index contributed by atoms with van der Waals surface area (Å²) in [6, 6.07) is 23.5. The molecule has 3 rings (SSSR count). The van der Waals surface area contributed by atoms with E-state index in [2.05, 4.69) is 21.2 Å². The molecular weight excluding hydrogens is 516 g/mol. The summed E-state index contributed by atoms with van der Waals surface area (Å²) in [4.78, 5) is 28.4. The second-order valence-electron chi connectivity index (χ2n) is 8.26. The lowest BCUT2D eigenvalue weighted by Gasteiger charge is -2.32. The maximum Gasteiger partial charge on any atom is 0.261 e. The predicted molar refractivity (Wildman–Crippen MR) is 139 cm³/mol. The minimum atomic E-state index is -0.705.